The Kier molecular flexibility index (Phi) is 4.79. The number of piperidine rings is 1. The summed E-state index contributed by atoms with van der Waals surface area (Å²) >= 11 is 0. The third kappa shape index (κ3) is 3.24. The number of amides is 2. The number of non-ortho nitro benzene ring substituents is 1. The van der Waals surface area contributed by atoms with E-state index >= 15 is 0 Å². The number of hydrazine groups is 1. The number of hydrogen-bond acceptors (Lipinski definition) is 7. The first kappa shape index (κ1) is 17.1. The quantitative estimate of drug-likeness (QED) is 0.212. The molecule has 5 N–H and O–H groups in total. The van der Waals surface area contributed by atoms with Crippen LogP contribution < -0.4 is 16.9 Å². The lowest BCUT2D eigenvalue weighted by atomic mass is 9.98. The van der Waals surface area contributed by atoms with Crippen LogP contribution in [-0.2, 0) is 9.36 Å². The van der Waals surface area contributed by atoms with Gasteiger partial charge in [0.1, 0.15) is 0 Å². The summed E-state index contributed by atoms with van der Waals surface area (Å²) in [5.41, 5.74) is 5.90. The third-order valence-electron chi connectivity index (χ3n) is 3.71. The molecule has 1 aliphatic heterocycles. The first-order chi connectivity index (χ1) is 10.8. The minimum absolute atomic E-state index is 0.148. The highest BCUT2D eigenvalue weighted by molar-refractivity contribution is 7.27. The van der Waals surface area contributed by atoms with Gasteiger partial charge in [-0.05, 0) is 18.6 Å². The second-order valence-corrected chi connectivity index (χ2v) is 6.36. The highest BCUT2D eigenvalue weighted by Gasteiger charge is 2.47. The smallest absolute Gasteiger partial charge is 0.269 e. The molecule has 0 saturated carbocycles. The molecule has 0 spiro atoms. The minimum atomic E-state index is -1.73. The van der Waals surface area contributed by atoms with Gasteiger partial charge >= 0.3 is 0 Å². The van der Waals surface area contributed by atoms with Crippen molar-refractivity contribution < 1.29 is 19.1 Å². The van der Waals surface area contributed by atoms with Crippen molar-refractivity contribution in [2.24, 2.45) is 11.6 Å². The van der Waals surface area contributed by atoms with Crippen molar-refractivity contribution in [2.75, 3.05) is 6.54 Å². The third-order valence-corrected chi connectivity index (χ3v) is 4.75. The zero-order valence-electron chi connectivity index (χ0n) is 12.0. The Bertz CT molecular complexity index is 666. The molecule has 1 heterocycles. The van der Waals surface area contributed by atoms with Crippen LogP contribution in [0.15, 0.2) is 24.3 Å². The molecule has 2 amide bonds. The van der Waals surface area contributed by atoms with Gasteiger partial charge < -0.3 is 15.6 Å². The van der Waals surface area contributed by atoms with Crippen molar-refractivity contribution in [3.05, 3.63) is 39.9 Å². The van der Waals surface area contributed by atoms with Gasteiger partial charge in [0.15, 0.2) is 5.28 Å². The summed E-state index contributed by atoms with van der Waals surface area (Å²) in [6, 6.07) is 4.13. The molecular formula is C12H16N5O5P. The summed E-state index contributed by atoms with van der Waals surface area (Å²) in [5, 5.41) is 12.3. The number of carbonyl (C=O) groups is 2. The second kappa shape index (κ2) is 6.45. The van der Waals surface area contributed by atoms with Crippen LogP contribution in [0.2, 0.25) is 0 Å². The summed E-state index contributed by atoms with van der Waals surface area (Å²) < 4.78 is 11.4. The van der Waals surface area contributed by atoms with E-state index < -0.39 is 36.5 Å². The molecule has 2 rings (SSSR count). The molecule has 11 heteroatoms. The van der Waals surface area contributed by atoms with Crippen LogP contribution >= 0.6 is 8.46 Å². The number of benzene rings is 1. The van der Waals surface area contributed by atoms with E-state index in [0.29, 0.717) is 0 Å². The summed E-state index contributed by atoms with van der Waals surface area (Å²) in [4.78, 5) is 34.2. The van der Waals surface area contributed by atoms with Crippen LogP contribution in [0.4, 0.5) is 5.69 Å². The molecule has 3 atom stereocenters. The maximum Gasteiger partial charge on any atom is 0.269 e. The predicted molar refractivity (Wildman–Crippen MR) is 82.2 cm³/mol. The van der Waals surface area contributed by atoms with Gasteiger partial charge in [0, 0.05) is 24.2 Å². The van der Waals surface area contributed by atoms with Gasteiger partial charge in [0.2, 0.25) is 0 Å². The zero-order chi connectivity index (χ0) is 17.2. The average molecular weight is 341 g/mol. The van der Waals surface area contributed by atoms with Gasteiger partial charge in [-0.15, -0.1) is 0 Å². The number of nitrogens with zero attached hydrogens (tertiary/aromatic N) is 2. The van der Waals surface area contributed by atoms with Crippen molar-refractivity contribution >= 4 is 26.0 Å². The van der Waals surface area contributed by atoms with E-state index in [1.165, 1.54) is 24.3 Å². The van der Waals surface area contributed by atoms with E-state index in [9.17, 15) is 24.3 Å². The van der Waals surface area contributed by atoms with Crippen molar-refractivity contribution in [1.29, 1.82) is 0 Å². The van der Waals surface area contributed by atoms with Gasteiger partial charge in [-0.25, -0.2) is 5.84 Å². The van der Waals surface area contributed by atoms with E-state index in [0.717, 1.165) is 5.01 Å². The zero-order valence-corrected chi connectivity index (χ0v) is 13.1. The van der Waals surface area contributed by atoms with Crippen LogP contribution in [-0.4, -0.2) is 39.6 Å². The Hall–Kier alpha value is -2.29. The van der Waals surface area contributed by atoms with Crippen LogP contribution in [0.3, 0.4) is 0 Å². The number of rotatable bonds is 4. The first-order valence-electron chi connectivity index (χ1n) is 6.67. The normalized spacial score (nSPS) is 24.9. The predicted octanol–water partition coefficient (Wildman–Crippen LogP) is -0.789. The topological polar surface area (TPSA) is 162 Å². The monoisotopic (exact) mass is 341 g/mol. The largest absolute Gasteiger partial charge is 0.346 e. The molecule has 23 heavy (non-hydrogen) atoms. The fourth-order valence-corrected chi connectivity index (χ4v) is 2.99. The molecule has 0 aliphatic carbocycles. The lowest BCUT2D eigenvalue weighted by Crippen LogP contribution is -2.69. The summed E-state index contributed by atoms with van der Waals surface area (Å²) in [7, 11) is -1.72. The van der Waals surface area contributed by atoms with Crippen LogP contribution in [0.25, 0.3) is 0 Å². The molecule has 1 saturated heterocycles. The van der Waals surface area contributed by atoms with Gasteiger partial charge in [-0.3, -0.25) is 24.7 Å². The van der Waals surface area contributed by atoms with Crippen molar-refractivity contribution in [2.45, 2.75) is 17.7 Å². The molecule has 1 aromatic carbocycles. The van der Waals surface area contributed by atoms with Gasteiger partial charge in [0.25, 0.3) is 17.5 Å². The number of nitro benzene ring substituents is 1. The number of nitrogens with one attached hydrogen (secondary N) is 1. The number of carbonyl (C=O) groups excluding carboxylic acids is 2. The summed E-state index contributed by atoms with van der Waals surface area (Å²) in [6.07, 6.45) is 0.257. The number of nitro groups is 1. The Morgan fingerprint density at radius 3 is 2.57 bits per heavy atom. The Balaban J connectivity index is 2.17. The Labute approximate surface area is 132 Å². The molecule has 124 valence electrons. The second-order valence-electron chi connectivity index (χ2n) is 5.17. The highest BCUT2D eigenvalue weighted by Crippen LogP contribution is 2.29. The lowest BCUT2D eigenvalue weighted by Gasteiger charge is -2.40. The summed E-state index contributed by atoms with van der Waals surface area (Å²) in [6.45, 7) is 0.169. The van der Waals surface area contributed by atoms with Crippen LogP contribution in [0, 0.1) is 10.1 Å². The van der Waals surface area contributed by atoms with Crippen molar-refractivity contribution in [3.63, 3.8) is 0 Å². The maximum absolute atomic E-state index is 12.2. The summed E-state index contributed by atoms with van der Waals surface area (Å²) in [5.74, 6) is 4.22. The first-order valence-corrected chi connectivity index (χ1v) is 7.71. The van der Waals surface area contributed by atoms with Gasteiger partial charge in [0.05, 0.1) is 19.4 Å². The van der Waals surface area contributed by atoms with Crippen LogP contribution in [0.5, 0.6) is 0 Å². The molecule has 1 fully saturated rings. The fraction of sp³-hybridized carbons (Fsp3) is 0.333. The fourth-order valence-electron chi connectivity index (χ4n) is 2.31. The Morgan fingerprint density at radius 2 is 2.04 bits per heavy atom. The van der Waals surface area contributed by atoms with E-state index in [-0.39, 0.29) is 24.2 Å². The molecule has 10 nitrogen and oxygen atoms in total. The Morgan fingerprint density at radius 1 is 1.43 bits per heavy atom. The van der Waals surface area contributed by atoms with E-state index in [1.807, 2.05) is 0 Å². The maximum atomic E-state index is 12.2. The molecule has 1 aliphatic rings. The number of hydrogen-bond donors (Lipinski definition) is 3. The van der Waals surface area contributed by atoms with E-state index in [4.69, 9.17) is 11.6 Å². The van der Waals surface area contributed by atoms with Gasteiger partial charge in [-0.2, -0.15) is 0 Å². The highest BCUT2D eigenvalue weighted by atomic mass is 31.1. The SMILES string of the molecule is NN1CCC(NC(=O)c2ccc([N+](=O)[O-])cc2)[C@](N)([PH2]=O)C1=O. The molecule has 0 aromatic heterocycles. The van der Waals surface area contributed by atoms with E-state index in [1.54, 1.807) is 0 Å². The molecule has 1 aromatic rings. The molecular weight excluding hydrogens is 325 g/mol. The molecule has 2 unspecified atom stereocenters. The molecule has 0 bridgehead atoms. The van der Waals surface area contributed by atoms with Crippen LogP contribution in [0.1, 0.15) is 16.8 Å². The standard InChI is InChI=1S/C12H16N5O5P/c13-12(23-22)9(5-6-16(14)11(12)19)15-10(18)7-1-3-8(4-2-7)17(20)21/h1-4,9H,5-6,13-14,23H2,(H,15,18)/t9?,12-/m0/s1. The minimum Gasteiger partial charge on any atom is -0.346 e. The van der Waals surface area contributed by atoms with Crippen molar-refractivity contribution in [1.82, 2.24) is 10.3 Å². The lowest BCUT2D eigenvalue weighted by molar-refractivity contribution is -0.384. The molecule has 0 radical (unpaired) electrons. The van der Waals surface area contributed by atoms with Gasteiger partial charge in [-0.1, -0.05) is 0 Å². The average Bonchev–Trinajstić information content (AvgIpc) is 2.55. The van der Waals surface area contributed by atoms with Crippen molar-refractivity contribution in [3.8, 4) is 0 Å². The van der Waals surface area contributed by atoms with E-state index in [2.05, 4.69) is 5.32 Å². The number of nitrogens with two attached hydrogens (primary N) is 2.